The van der Waals surface area contributed by atoms with Gasteiger partial charge in [0.05, 0.1) is 17.6 Å². The zero-order valence-electron chi connectivity index (χ0n) is 15.0. The summed E-state index contributed by atoms with van der Waals surface area (Å²) in [4.78, 5) is 12.1. The van der Waals surface area contributed by atoms with Crippen LogP contribution in [-0.4, -0.2) is 33.4 Å². The Labute approximate surface area is 152 Å². The maximum atomic E-state index is 11.9. The van der Waals surface area contributed by atoms with E-state index < -0.39 is 21.4 Å². The minimum atomic E-state index is -3.28. The van der Waals surface area contributed by atoms with Gasteiger partial charge in [0.25, 0.3) is 0 Å². The van der Waals surface area contributed by atoms with E-state index in [9.17, 15) is 13.2 Å². The van der Waals surface area contributed by atoms with Gasteiger partial charge in [-0.05, 0) is 50.2 Å². The fourth-order valence-corrected chi connectivity index (χ4v) is 3.48. The van der Waals surface area contributed by atoms with E-state index in [4.69, 9.17) is 14.2 Å². The van der Waals surface area contributed by atoms with Gasteiger partial charge in [-0.1, -0.05) is 0 Å². The second-order valence-corrected chi connectivity index (χ2v) is 8.84. The van der Waals surface area contributed by atoms with Gasteiger partial charge in [0, 0.05) is 18.2 Å². The fourth-order valence-electron chi connectivity index (χ4n) is 2.85. The number of methoxy groups -OCH3 is 1. The molecular weight excluding hydrogens is 356 g/mol. The van der Waals surface area contributed by atoms with Gasteiger partial charge in [-0.25, -0.2) is 13.2 Å². The van der Waals surface area contributed by atoms with Crippen molar-refractivity contribution in [3.8, 4) is 17.2 Å². The second kappa shape index (κ2) is 6.32. The summed E-state index contributed by atoms with van der Waals surface area (Å²) in [5.74, 6) is 1.05. The van der Waals surface area contributed by atoms with Gasteiger partial charge in [0.2, 0.25) is 0 Å². The molecule has 0 bridgehead atoms. The molecule has 0 spiro atoms. The van der Waals surface area contributed by atoms with Crippen molar-refractivity contribution in [1.29, 1.82) is 0 Å². The highest BCUT2D eigenvalue weighted by molar-refractivity contribution is 7.90. The molecule has 0 radical (unpaired) electrons. The van der Waals surface area contributed by atoms with E-state index in [0.29, 0.717) is 29.2 Å². The van der Waals surface area contributed by atoms with Gasteiger partial charge in [0.1, 0.15) is 22.8 Å². The Kier molecular flexibility index (Phi) is 4.44. The number of esters is 1. The fraction of sp³-hybridized carbons (Fsp3) is 0.316. The van der Waals surface area contributed by atoms with E-state index in [1.54, 1.807) is 24.3 Å². The summed E-state index contributed by atoms with van der Waals surface area (Å²) in [5.41, 5.74) is 0.775. The highest BCUT2D eigenvalue weighted by Crippen LogP contribution is 2.43. The zero-order valence-corrected chi connectivity index (χ0v) is 15.8. The van der Waals surface area contributed by atoms with Crippen LogP contribution in [0.4, 0.5) is 0 Å². The first-order valence-corrected chi connectivity index (χ1v) is 9.90. The van der Waals surface area contributed by atoms with E-state index in [1.807, 2.05) is 13.8 Å². The Morgan fingerprint density at radius 1 is 1.15 bits per heavy atom. The van der Waals surface area contributed by atoms with E-state index in [0.717, 1.165) is 11.8 Å². The molecule has 0 saturated heterocycles. The van der Waals surface area contributed by atoms with Crippen LogP contribution >= 0.6 is 0 Å². The largest absolute Gasteiger partial charge is 0.487 e. The smallest absolute Gasteiger partial charge is 0.338 e. The molecule has 0 unspecified atom stereocenters. The minimum Gasteiger partial charge on any atom is -0.487 e. The topological polar surface area (TPSA) is 78.9 Å². The van der Waals surface area contributed by atoms with Crippen molar-refractivity contribution in [2.45, 2.75) is 30.8 Å². The number of ether oxygens (including phenoxy) is 3. The third-order valence-electron chi connectivity index (χ3n) is 4.06. The van der Waals surface area contributed by atoms with Crippen molar-refractivity contribution in [2.24, 2.45) is 0 Å². The number of carbonyl (C=O) groups is 1. The predicted molar refractivity (Wildman–Crippen MR) is 95.8 cm³/mol. The molecule has 1 aliphatic heterocycles. The average Bonchev–Trinajstić information content (AvgIpc) is 2.88. The number of hydrogen-bond donors (Lipinski definition) is 0. The van der Waals surface area contributed by atoms with Gasteiger partial charge >= 0.3 is 5.97 Å². The summed E-state index contributed by atoms with van der Waals surface area (Å²) in [7, 11) is -1.97. The molecule has 26 heavy (non-hydrogen) atoms. The first-order valence-electron chi connectivity index (χ1n) is 8.01. The molecular formula is C19H20O6S. The monoisotopic (exact) mass is 376 g/mol. The summed E-state index contributed by atoms with van der Waals surface area (Å²) >= 11 is 0. The van der Waals surface area contributed by atoms with Gasteiger partial charge in [-0.2, -0.15) is 0 Å². The molecule has 0 aromatic heterocycles. The normalized spacial score (nSPS) is 15.1. The molecule has 0 N–H and O–H groups in total. The Hall–Kier alpha value is -2.54. The van der Waals surface area contributed by atoms with Crippen LogP contribution in [0.5, 0.6) is 17.2 Å². The van der Waals surface area contributed by atoms with Crippen LogP contribution in [0.3, 0.4) is 0 Å². The number of benzene rings is 2. The molecule has 6 nitrogen and oxygen atoms in total. The predicted octanol–water partition coefficient (Wildman–Crippen LogP) is 3.38. The average molecular weight is 376 g/mol. The van der Waals surface area contributed by atoms with Crippen LogP contribution in [0, 0.1) is 0 Å². The molecule has 7 heteroatoms. The molecule has 1 heterocycles. The first-order chi connectivity index (χ1) is 12.1. The summed E-state index contributed by atoms with van der Waals surface area (Å²) in [6.45, 7) is 3.91. The summed E-state index contributed by atoms with van der Waals surface area (Å²) in [5, 5.41) is 0. The van der Waals surface area contributed by atoms with Crippen LogP contribution < -0.4 is 9.47 Å². The van der Waals surface area contributed by atoms with Crippen molar-refractivity contribution in [3.63, 3.8) is 0 Å². The van der Waals surface area contributed by atoms with Gasteiger partial charge < -0.3 is 14.2 Å². The van der Waals surface area contributed by atoms with Crippen LogP contribution in [0.15, 0.2) is 41.3 Å². The minimum absolute atomic E-state index is 0.211. The summed E-state index contributed by atoms with van der Waals surface area (Å²) in [6, 6.07) is 9.38. The maximum absolute atomic E-state index is 11.9. The summed E-state index contributed by atoms with van der Waals surface area (Å²) in [6.07, 6.45) is 1.77. The highest BCUT2D eigenvalue weighted by Gasteiger charge is 2.34. The Bertz CT molecular complexity index is 958. The standard InChI is InChI=1S/C19H20O6S/c1-19(2)11-15-16(9-12(18(20)23-3)10-17(15)25-19)24-13-5-7-14(8-6-13)26(4,21)22/h5-10H,11H2,1-4H3. The number of fused-ring (bicyclic) bond motifs is 1. The molecule has 0 atom stereocenters. The van der Waals surface area contributed by atoms with Crippen molar-refractivity contribution in [1.82, 2.24) is 0 Å². The first kappa shape index (κ1) is 18.3. The highest BCUT2D eigenvalue weighted by atomic mass is 32.2. The van der Waals surface area contributed by atoms with Gasteiger partial charge in [-0.15, -0.1) is 0 Å². The van der Waals surface area contributed by atoms with Crippen LogP contribution in [0.2, 0.25) is 0 Å². The Morgan fingerprint density at radius 3 is 2.38 bits per heavy atom. The molecule has 0 saturated carbocycles. The third kappa shape index (κ3) is 3.67. The van der Waals surface area contributed by atoms with Gasteiger partial charge in [-0.3, -0.25) is 0 Å². The molecule has 2 aromatic rings. The van der Waals surface area contributed by atoms with Crippen molar-refractivity contribution in [3.05, 3.63) is 47.5 Å². The second-order valence-electron chi connectivity index (χ2n) is 6.83. The quantitative estimate of drug-likeness (QED) is 0.761. The van der Waals surface area contributed by atoms with E-state index >= 15 is 0 Å². The molecule has 2 aromatic carbocycles. The van der Waals surface area contributed by atoms with Crippen LogP contribution in [0.25, 0.3) is 0 Å². The molecule has 0 aliphatic carbocycles. The molecule has 1 aliphatic rings. The Morgan fingerprint density at radius 2 is 1.81 bits per heavy atom. The lowest BCUT2D eigenvalue weighted by Crippen LogP contribution is -2.24. The number of hydrogen-bond acceptors (Lipinski definition) is 6. The lowest BCUT2D eigenvalue weighted by molar-refractivity contribution is 0.0599. The SMILES string of the molecule is COC(=O)c1cc(Oc2ccc(S(C)(=O)=O)cc2)c2c(c1)OC(C)(C)C2. The zero-order chi connectivity index (χ0) is 19.1. The maximum Gasteiger partial charge on any atom is 0.338 e. The molecule has 0 amide bonds. The number of sulfone groups is 1. The van der Waals surface area contributed by atoms with Crippen LogP contribution in [-0.2, 0) is 21.0 Å². The van der Waals surface area contributed by atoms with Crippen LogP contribution in [0.1, 0.15) is 29.8 Å². The van der Waals surface area contributed by atoms with Gasteiger partial charge in [0.15, 0.2) is 9.84 Å². The number of carbonyl (C=O) groups excluding carboxylic acids is 1. The van der Waals surface area contributed by atoms with Crippen molar-refractivity contribution < 1.29 is 27.4 Å². The van der Waals surface area contributed by atoms with Crippen molar-refractivity contribution in [2.75, 3.05) is 13.4 Å². The molecule has 3 rings (SSSR count). The third-order valence-corrected chi connectivity index (χ3v) is 5.19. The molecule has 0 fully saturated rings. The lowest BCUT2D eigenvalue weighted by Gasteiger charge is -2.16. The molecule has 138 valence electrons. The lowest BCUT2D eigenvalue weighted by atomic mass is 10.00. The van der Waals surface area contributed by atoms with E-state index in [2.05, 4.69) is 0 Å². The number of rotatable bonds is 4. The van der Waals surface area contributed by atoms with Crippen molar-refractivity contribution >= 4 is 15.8 Å². The summed E-state index contributed by atoms with van der Waals surface area (Å²) < 4.78 is 39.8. The Balaban J connectivity index is 1.99. The van der Waals surface area contributed by atoms with E-state index in [-0.39, 0.29) is 4.90 Å². The van der Waals surface area contributed by atoms with E-state index in [1.165, 1.54) is 19.2 Å².